The Hall–Kier alpha value is -2.18. The summed E-state index contributed by atoms with van der Waals surface area (Å²) in [6.45, 7) is 1.72. The van der Waals surface area contributed by atoms with Crippen LogP contribution in [0.1, 0.15) is 41.9 Å². The van der Waals surface area contributed by atoms with E-state index in [-0.39, 0.29) is 29.3 Å². The van der Waals surface area contributed by atoms with Crippen molar-refractivity contribution in [2.75, 3.05) is 6.61 Å². The van der Waals surface area contributed by atoms with Crippen LogP contribution in [0.3, 0.4) is 0 Å². The molecule has 0 saturated heterocycles. The third-order valence-corrected chi connectivity index (χ3v) is 6.12. The Morgan fingerprint density at radius 3 is 2.61 bits per heavy atom. The molecule has 1 heterocycles. The van der Waals surface area contributed by atoms with Gasteiger partial charge in [-0.3, -0.25) is 14.6 Å². The van der Waals surface area contributed by atoms with Crippen molar-refractivity contribution in [1.82, 2.24) is 15.3 Å². The van der Waals surface area contributed by atoms with E-state index in [0.717, 1.165) is 25.0 Å². The Bertz CT molecular complexity index is 944. The summed E-state index contributed by atoms with van der Waals surface area (Å²) in [6, 6.07) is 4.86. The van der Waals surface area contributed by atoms with Gasteiger partial charge in [0.1, 0.15) is 11.4 Å². The summed E-state index contributed by atoms with van der Waals surface area (Å²) in [5, 5.41) is 3.85. The van der Waals surface area contributed by atoms with Gasteiger partial charge < -0.3 is 10.1 Å². The van der Waals surface area contributed by atoms with Gasteiger partial charge in [-0.05, 0) is 43.7 Å². The first kappa shape index (κ1) is 19.2. The Morgan fingerprint density at radius 1 is 1.18 bits per heavy atom. The lowest BCUT2D eigenvalue weighted by Crippen LogP contribution is -2.75. The fraction of sp³-hybridized carbons (Fsp3) is 0.400. The first-order valence-corrected chi connectivity index (χ1v) is 9.75. The number of hydrogen-bond acceptors (Lipinski definition) is 5. The number of ketones is 1. The minimum absolute atomic E-state index is 0.0128. The highest BCUT2D eigenvalue weighted by Gasteiger charge is 2.68. The number of carbonyl (C=O) groups excluding carboxylic acids is 2. The highest BCUT2D eigenvalue weighted by atomic mass is 35.5. The number of ether oxygens (including phenoxy) is 1. The van der Waals surface area contributed by atoms with Gasteiger partial charge in [0.25, 0.3) is 5.91 Å². The van der Waals surface area contributed by atoms with Crippen molar-refractivity contribution < 1.29 is 14.3 Å². The van der Waals surface area contributed by atoms with Gasteiger partial charge in [0.15, 0.2) is 12.4 Å². The van der Waals surface area contributed by atoms with Gasteiger partial charge in [0.05, 0.1) is 21.9 Å². The summed E-state index contributed by atoms with van der Waals surface area (Å²) < 4.78 is 5.47. The molecule has 1 aromatic heterocycles. The van der Waals surface area contributed by atoms with E-state index in [0.29, 0.717) is 27.9 Å². The summed E-state index contributed by atoms with van der Waals surface area (Å²) in [5.41, 5.74) is 0.934. The molecule has 3 saturated carbocycles. The molecule has 2 bridgehead atoms. The third kappa shape index (κ3) is 3.71. The molecule has 0 unspecified atom stereocenters. The summed E-state index contributed by atoms with van der Waals surface area (Å²) in [7, 11) is 0. The monoisotopic (exact) mass is 419 g/mol. The number of benzene rings is 1. The molecule has 1 aromatic carbocycles. The molecule has 0 atom stereocenters. The zero-order chi connectivity index (χ0) is 19.9. The number of hydrogen-bond donors (Lipinski definition) is 1. The lowest BCUT2D eigenvalue weighted by Gasteiger charge is -2.70. The van der Waals surface area contributed by atoms with E-state index in [9.17, 15) is 9.59 Å². The maximum Gasteiger partial charge on any atom is 0.258 e. The van der Waals surface area contributed by atoms with E-state index in [1.807, 2.05) is 6.92 Å². The lowest BCUT2D eigenvalue weighted by atomic mass is 9.38. The van der Waals surface area contributed by atoms with Crippen LogP contribution in [0, 0.1) is 12.3 Å². The minimum atomic E-state index is -0.198. The molecule has 5 rings (SSSR count). The number of rotatable bonds is 7. The fourth-order valence-electron chi connectivity index (χ4n) is 4.39. The number of halogens is 2. The van der Waals surface area contributed by atoms with E-state index >= 15 is 0 Å². The second-order valence-electron chi connectivity index (χ2n) is 7.87. The van der Waals surface area contributed by atoms with Crippen molar-refractivity contribution in [3.05, 3.63) is 52.0 Å². The number of Topliss-reactive ketones (excluding diaryl/α,β-unsaturated/α-hetero) is 1. The Labute approximate surface area is 172 Å². The van der Waals surface area contributed by atoms with Crippen molar-refractivity contribution >= 4 is 34.9 Å². The van der Waals surface area contributed by atoms with Crippen LogP contribution in [-0.2, 0) is 4.79 Å². The van der Waals surface area contributed by atoms with Crippen molar-refractivity contribution in [2.45, 2.75) is 38.1 Å². The van der Waals surface area contributed by atoms with Gasteiger partial charge in [-0.15, -0.1) is 0 Å². The van der Waals surface area contributed by atoms with Crippen molar-refractivity contribution in [3.63, 3.8) is 0 Å². The Balaban J connectivity index is 1.24. The van der Waals surface area contributed by atoms with E-state index in [4.69, 9.17) is 27.9 Å². The third-order valence-electron chi connectivity index (χ3n) is 5.38. The number of aromatic nitrogens is 2. The van der Waals surface area contributed by atoms with Crippen LogP contribution in [0.2, 0.25) is 10.0 Å². The van der Waals surface area contributed by atoms with E-state index in [2.05, 4.69) is 15.3 Å². The van der Waals surface area contributed by atoms with Gasteiger partial charge >= 0.3 is 0 Å². The Kier molecular flexibility index (Phi) is 4.79. The van der Waals surface area contributed by atoms with E-state index in [1.165, 1.54) is 6.20 Å². The molecule has 0 aliphatic heterocycles. The molecule has 3 aliphatic carbocycles. The average molecular weight is 420 g/mol. The number of nitrogens with one attached hydrogen (secondary N) is 1. The first-order valence-electron chi connectivity index (χ1n) is 8.99. The summed E-state index contributed by atoms with van der Waals surface area (Å²) in [4.78, 5) is 32.9. The summed E-state index contributed by atoms with van der Waals surface area (Å²) in [6.07, 6.45) is 6.01. The molecule has 146 valence electrons. The number of aryl methyl sites for hydroxylation is 1. The molecule has 1 amide bonds. The average Bonchev–Trinajstić information content (AvgIpc) is 2.59. The van der Waals surface area contributed by atoms with Gasteiger partial charge in [0.2, 0.25) is 0 Å². The molecule has 0 radical (unpaired) electrons. The van der Waals surface area contributed by atoms with Crippen LogP contribution in [0.25, 0.3) is 0 Å². The quantitative estimate of drug-likeness (QED) is 0.690. The van der Waals surface area contributed by atoms with Crippen LogP contribution >= 0.6 is 23.2 Å². The molecule has 1 N–H and O–H groups in total. The topological polar surface area (TPSA) is 81.2 Å². The molecule has 2 aromatic rings. The highest BCUT2D eigenvalue weighted by molar-refractivity contribution is 6.42. The van der Waals surface area contributed by atoms with Crippen LogP contribution in [0.4, 0.5) is 0 Å². The predicted octanol–water partition coefficient (Wildman–Crippen LogP) is 3.78. The second kappa shape index (κ2) is 7.01. The molecular weight excluding hydrogens is 401 g/mol. The SMILES string of the molecule is Cc1cncc(C(=O)CC23CC(NC(=O)COc4ccc(Cl)c(Cl)c4)(C2)C3)n1. The van der Waals surface area contributed by atoms with Gasteiger partial charge in [-0.1, -0.05) is 23.2 Å². The van der Waals surface area contributed by atoms with Crippen LogP contribution in [-0.4, -0.2) is 33.8 Å². The van der Waals surface area contributed by atoms with E-state index < -0.39 is 0 Å². The number of nitrogens with zero attached hydrogens (tertiary/aromatic N) is 2. The molecule has 3 aliphatic rings. The molecule has 6 nitrogen and oxygen atoms in total. The summed E-state index contributed by atoms with van der Waals surface area (Å²) >= 11 is 11.8. The largest absolute Gasteiger partial charge is 0.484 e. The molecule has 3 fully saturated rings. The normalized spacial score (nSPS) is 24.7. The van der Waals surface area contributed by atoms with Crippen molar-refractivity contribution in [3.8, 4) is 5.75 Å². The summed E-state index contributed by atoms with van der Waals surface area (Å²) in [5.74, 6) is 0.317. The van der Waals surface area contributed by atoms with Crippen LogP contribution < -0.4 is 10.1 Å². The predicted molar refractivity (Wildman–Crippen MR) is 105 cm³/mol. The smallest absolute Gasteiger partial charge is 0.258 e. The van der Waals surface area contributed by atoms with Crippen LogP contribution in [0.5, 0.6) is 5.75 Å². The highest BCUT2D eigenvalue weighted by Crippen LogP contribution is 2.69. The molecule has 8 heteroatoms. The molecular formula is C20H19Cl2N3O3. The van der Waals surface area contributed by atoms with Gasteiger partial charge in [0, 0.05) is 24.2 Å². The zero-order valence-corrected chi connectivity index (χ0v) is 16.8. The maximum absolute atomic E-state index is 12.4. The molecule has 28 heavy (non-hydrogen) atoms. The number of carbonyl (C=O) groups is 2. The first-order chi connectivity index (χ1) is 13.3. The van der Waals surface area contributed by atoms with Gasteiger partial charge in [-0.25, -0.2) is 4.98 Å². The van der Waals surface area contributed by atoms with E-state index in [1.54, 1.807) is 24.4 Å². The lowest BCUT2D eigenvalue weighted by molar-refractivity contribution is -0.164. The Morgan fingerprint density at radius 2 is 1.93 bits per heavy atom. The zero-order valence-electron chi connectivity index (χ0n) is 15.3. The van der Waals surface area contributed by atoms with Gasteiger partial charge in [-0.2, -0.15) is 0 Å². The number of amides is 1. The second-order valence-corrected chi connectivity index (χ2v) is 8.68. The standard InChI is InChI=1S/C20H19Cl2N3O3/c1-12-6-23-7-16(24-12)17(26)5-19-9-20(10-19,11-19)25-18(27)8-28-13-2-3-14(21)15(22)4-13/h2-4,6-7H,5,8-11H2,1H3,(H,25,27). The molecule has 0 spiro atoms. The van der Waals surface area contributed by atoms with Crippen LogP contribution in [0.15, 0.2) is 30.6 Å². The maximum atomic E-state index is 12.4. The van der Waals surface area contributed by atoms with Crippen molar-refractivity contribution in [1.29, 1.82) is 0 Å². The fourth-order valence-corrected chi connectivity index (χ4v) is 4.68. The van der Waals surface area contributed by atoms with Crippen molar-refractivity contribution in [2.24, 2.45) is 5.41 Å². The minimum Gasteiger partial charge on any atom is -0.484 e.